The third kappa shape index (κ3) is 11.0. The van der Waals surface area contributed by atoms with E-state index in [9.17, 15) is 19.5 Å². The van der Waals surface area contributed by atoms with Crippen molar-refractivity contribution >= 4 is 52.2 Å². The van der Waals surface area contributed by atoms with Crippen molar-refractivity contribution in [1.29, 1.82) is 0 Å². The van der Waals surface area contributed by atoms with Gasteiger partial charge in [0.1, 0.15) is 28.7 Å². The van der Waals surface area contributed by atoms with E-state index in [-0.39, 0.29) is 36.0 Å². The molecule has 1 aliphatic rings. The Morgan fingerprint density at radius 2 is 1.71 bits per heavy atom. The van der Waals surface area contributed by atoms with Crippen LogP contribution in [0.2, 0.25) is 5.02 Å². The number of hydrogen-bond acceptors (Lipinski definition) is 9. The van der Waals surface area contributed by atoms with Gasteiger partial charge in [0.15, 0.2) is 6.79 Å². The van der Waals surface area contributed by atoms with E-state index in [1.807, 2.05) is 22.6 Å². The number of alkyl carbamates (subject to hydrolysis) is 1. The fourth-order valence-electron chi connectivity index (χ4n) is 4.46. The highest BCUT2D eigenvalue weighted by atomic mass is 127. The van der Waals surface area contributed by atoms with Gasteiger partial charge >= 0.3 is 18.0 Å². The van der Waals surface area contributed by atoms with Gasteiger partial charge in [-0.25, -0.2) is 4.79 Å². The highest BCUT2D eigenvalue weighted by molar-refractivity contribution is 14.1. The first-order valence-electron chi connectivity index (χ1n) is 14.4. The first kappa shape index (κ1) is 38.7. The third-order valence-electron chi connectivity index (χ3n) is 6.39. The van der Waals surface area contributed by atoms with Crippen molar-refractivity contribution in [3.63, 3.8) is 0 Å². The van der Waals surface area contributed by atoms with Crippen molar-refractivity contribution in [3.05, 3.63) is 37.9 Å². The number of carbonyl (C=O) groups is 3. The normalized spacial score (nSPS) is 19.9. The summed E-state index contributed by atoms with van der Waals surface area (Å²) in [4.78, 5) is 38.3. The topological polar surface area (TPSA) is 130 Å². The van der Waals surface area contributed by atoms with Gasteiger partial charge in [0.2, 0.25) is 0 Å². The average Bonchev–Trinajstić information content (AvgIpc) is 3.14. The molecule has 0 fully saturated rings. The standard InChI is InChI=1S/C33H45ClINO9/c1-12-21(33(40)17-20(15-25(33)35)43-28(38)30(2,3)4)27-22(34)13-19(14-24(27)42-18-41-11)23(16-26(37)44-31(5,6)7)36-29(39)45-32(8,9)10/h1,13-15,20-21,23,40H,16-18H2,2-11H3,(H,36,39)/t20-,21-,23+,33+/m1/s1. The summed E-state index contributed by atoms with van der Waals surface area (Å²) in [5, 5.41) is 14.8. The first-order chi connectivity index (χ1) is 20.5. The molecule has 0 saturated carbocycles. The van der Waals surface area contributed by atoms with Crippen LogP contribution in [0.1, 0.15) is 98.2 Å². The van der Waals surface area contributed by atoms with Crippen molar-refractivity contribution in [2.45, 2.75) is 110 Å². The fraction of sp³-hybridized carbons (Fsp3) is 0.606. The maximum absolute atomic E-state index is 12.9. The summed E-state index contributed by atoms with van der Waals surface area (Å²) in [7, 11) is 1.43. The Labute approximate surface area is 285 Å². The monoisotopic (exact) mass is 761 g/mol. The third-order valence-corrected chi connectivity index (χ3v) is 8.00. The van der Waals surface area contributed by atoms with Crippen LogP contribution in [0.15, 0.2) is 21.8 Å². The van der Waals surface area contributed by atoms with Crippen LogP contribution in [-0.2, 0) is 28.5 Å². The minimum Gasteiger partial charge on any atom is -0.467 e. The maximum Gasteiger partial charge on any atom is 0.408 e. The SMILES string of the molecule is C#C[C@H](c1c(Cl)cc([C@H](CC(=O)OC(C)(C)C)NC(=O)OC(C)(C)C)cc1OCOC)[C@@]1(O)C[C@H](OC(=O)C(C)(C)C)C=C1I. The van der Waals surface area contributed by atoms with Crippen LogP contribution in [0.5, 0.6) is 5.75 Å². The number of terminal acetylenes is 1. The highest BCUT2D eigenvalue weighted by Crippen LogP contribution is 2.50. The molecule has 0 heterocycles. The zero-order valence-electron chi connectivity index (χ0n) is 27.6. The fourth-order valence-corrected chi connectivity index (χ4v) is 5.72. The van der Waals surface area contributed by atoms with Crippen molar-refractivity contribution in [2.24, 2.45) is 5.41 Å². The number of nitrogens with one attached hydrogen (secondary N) is 1. The zero-order valence-corrected chi connectivity index (χ0v) is 30.5. The van der Waals surface area contributed by atoms with E-state index in [4.69, 9.17) is 41.7 Å². The minimum atomic E-state index is -1.65. The van der Waals surface area contributed by atoms with Crippen molar-refractivity contribution in [3.8, 4) is 18.1 Å². The summed E-state index contributed by atoms with van der Waals surface area (Å²) < 4.78 is 28.1. The van der Waals surface area contributed by atoms with Crippen LogP contribution < -0.4 is 10.1 Å². The number of benzene rings is 1. The number of amides is 1. The summed E-state index contributed by atoms with van der Waals surface area (Å²) >= 11 is 8.87. The molecular formula is C33H45ClINO9. The number of rotatable bonds is 10. The predicted octanol–water partition coefficient (Wildman–Crippen LogP) is 6.75. The Morgan fingerprint density at radius 1 is 1.11 bits per heavy atom. The van der Waals surface area contributed by atoms with E-state index in [1.165, 1.54) is 7.11 Å². The molecule has 1 aromatic carbocycles. The zero-order chi connectivity index (χ0) is 34.5. The quantitative estimate of drug-likeness (QED) is 0.0875. The van der Waals surface area contributed by atoms with Gasteiger partial charge in [-0.3, -0.25) is 9.59 Å². The molecule has 1 amide bonds. The van der Waals surface area contributed by atoms with Gasteiger partial charge in [-0.1, -0.05) is 17.5 Å². The summed E-state index contributed by atoms with van der Waals surface area (Å²) in [5.74, 6) is 0.778. The first-order valence-corrected chi connectivity index (χ1v) is 15.9. The Morgan fingerprint density at radius 3 is 2.22 bits per heavy atom. The summed E-state index contributed by atoms with van der Waals surface area (Å²) in [6.07, 6.45) is 5.96. The molecule has 250 valence electrons. The number of hydrogen-bond donors (Lipinski definition) is 2. The lowest BCUT2D eigenvalue weighted by Gasteiger charge is -2.33. The molecular weight excluding hydrogens is 717 g/mol. The number of halogens is 2. The molecule has 0 aromatic heterocycles. The molecule has 0 radical (unpaired) electrons. The molecule has 0 aliphatic heterocycles. The lowest BCUT2D eigenvalue weighted by atomic mass is 9.80. The van der Waals surface area contributed by atoms with E-state index in [1.54, 1.807) is 80.5 Å². The van der Waals surface area contributed by atoms with Crippen LogP contribution in [0.25, 0.3) is 0 Å². The summed E-state index contributed by atoms with van der Waals surface area (Å²) in [5.41, 5.74) is -3.28. The van der Waals surface area contributed by atoms with Gasteiger partial charge < -0.3 is 34.1 Å². The largest absolute Gasteiger partial charge is 0.467 e. The Kier molecular flexibility index (Phi) is 12.8. The van der Waals surface area contributed by atoms with Crippen LogP contribution >= 0.6 is 34.2 Å². The van der Waals surface area contributed by atoms with Crippen LogP contribution in [0.4, 0.5) is 4.79 Å². The van der Waals surface area contributed by atoms with Crippen molar-refractivity contribution in [2.75, 3.05) is 13.9 Å². The molecule has 12 heteroatoms. The van der Waals surface area contributed by atoms with E-state index in [2.05, 4.69) is 11.2 Å². The molecule has 2 N–H and O–H groups in total. The van der Waals surface area contributed by atoms with Gasteiger partial charge in [0, 0.05) is 27.7 Å². The molecule has 45 heavy (non-hydrogen) atoms. The minimum absolute atomic E-state index is 0.00870. The molecule has 1 aliphatic carbocycles. The van der Waals surface area contributed by atoms with Crippen LogP contribution in [-0.4, -0.2) is 59.9 Å². The van der Waals surface area contributed by atoms with Crippen LogP contribution in [0, 0.1) is 17.8 Å². The predicted molar refractivity (Wildman–Crippen MR) is 179 cm³/mol. The lowest BCUT2D eigenvalue weighted by molar-refractivity contribution is -0.157. The van der Waals surface area contributed by atoms with E-state index < -0.39 is 58.3 Å². The molecule has 0 spiro atoms. The molecule has 4 atom stereocenters. The van der Waals surface area contributed by atoms with Crippen molar-refractivity contribution in [1.82, 2.24) is 5.32 Å². The number of methoxy groups -OCH3 is 1. The highest BCUT2D eigenvalue weighted by Gasteiger charge is 2.48. The van der Waals surface area contributed by atoms with Gasteiger partial charge in [0.25, 0.3) is 0 Å². The Bertz CT molecular complexity index is 1300. The van der Waals surface area contributed by atoms with Gasteiger partial charge in [-0.05, 0) is 109 Å². The molecule has 0 unspecified atom stereocenters. The second-order valence-electron chi connectivity index (χ2n) is 13.9. The van der Waals surface area contributed by atoms with Crippen molar-refractivity contribution < 1.29 is 43.2 Å². The molecule has 0 saturated heterocycles. The number of carbonyl (C=O) groups excluding carboxylic acids is 3. The number of aliphatic hydroxyl groups is 1. The number of ether oxygens (including phenoxy) is 5. The summed E-state index contributed by atoms with van der Waals surface area (Å²) in [6, 6.07) is 2.17. The molecule has 10 nitrogen and oxygen atoms in total. The van der Waals surface area contributed by atoms with Gasteiger partial charge in [-0.2, -0.15) is 0 Å². The Hall–Kier alpha value is -2.53. The smallest absolute Gasteiger partial charge is 0.408 e. The second kappa shape index (κ2) is 14.9. The van der Waals surface area contributed by atoms with Gasteiger partial charge in [0.05, 0.1) is 23.8 Å². The van der Waals surface area contributed by atoms with Crippen LogP contribution in [0.3, 0.4) is 0 Å². The number of esters is 2. The summed E-state index contributed by atoms with van der Waals surface area (Å²) in [6.45, 7) is 15.4. The molecule has 1 aromatic rings. The Balaban J connectivity index is 2.60. The van der Waals surface area contributed by atoms with E-state index in [0.717, 1.165) is 0 Å². The lowest BCUT2D eigenvalue weighted by Crippen LogP contribution is -2.37. The van der Waals surface area contributed by atoms with E-state index >= 15 is 0 Å². The average molecular weight is 762 g/mol. The second-order valence-corrected chi connectivity index (χ2v) is 15.5. The molecule has 0 bridgehead atoms. The molecule has 2 rings (SSSR count). The van der Waals surface area contributed by atoms with E-state index in [0.29, 0.717) is 9.14 Å². The van der Waals surface area contributed by atoms with Gasteiger partial charge in [-0.15, -0.1) is 6.42 Å². The maximum atomic E-state index is 12.9.